The van der Waals surface area contributed by atoms with Gasteiger partial charge in [-0.2, -0.15) is 0 Å². The minimum atomic E-state index is -0.145. The number of anilines is 2. The summed E-state index contributed by atoms with van der Waals surface area (Å²) in [6.07, 6.45) is 0. The lowest BCUT2D eigenvalue weighted by Crippen LogP contribution is -2.22. The predicted octanol–water partition coefficient (Wildman–Crippen LogP) is 1.38. The smallest absolute Gasteiger partial charge is 0.304 e. The van der Waals surface area contributed by atoms with E-state index < -0.39 is 0 Å². The van der Waals surface area contributed by atoms with E-state index in [-0.39, 0.29) is 10.8 Å². The van der Waals surface area contributed by atoms with E-state index in [1.807, 2.05) is 6.92 Å². The number of hydrogen-bond acceptors (Lipinski definition) is 5. The number of benzene rings is 1. The summed E-state index contributed by atoms with van der Waals surface area (Å²) in [4.78, 5) is 25.3. The fourth-order valence-electron chi connectivity index (χ4n) is 1.72. The zero-order valence-electron chi connectivity index (χ0n) is 11.0. The fourth-order valence-corrected chi connectivity index (χ4v) is 2.30. The zero-order valence-corrected chi connectivity index (χ0v) is 11.8. The third-order valence-corrected chi connectivity index (χ3v) is 3.41. The summed E-state index contributed by atoms with van der Waals surface area (Å²) in [5, 5.41) is 7.59. The highest BCUT2D eigenvalue weighted by Crippen LogP contribution is 2.20. The van der Waals surface area contributed by atoms with Crippen LogP contribution in [0, 0.1) is 0 Å². The maximum atomic E-state index is 11.7. The summed E-state index contributed by atoms with van der Waals surface area (Å²) in [5.41, 5.74) is 8.46. The monoisotopic (exact) mass is 292 g/mol. The van der Waals surface area contributed by atoms with Gasteiger partial charge in [0.15, 0.2) is 0 Å². The lowest BCUT2D eigenvalue weighted by Gasteiger charge is -2.10. The van der Waals surface area contributed by atoms with E-state index in [1.165, 1.54) is 0 Å². The number of thiazole rings is 1. The van der Waals surface area contributed by atoms with E-state index in [0.29, 0.717) is 24.3 Å². The number of carbonyl (C=O) groups excluding carboxylic acids is 1. The van der Waals surface area contributed by atoms with Crippen molar-refractivity contribution in [1.29, 1.82) is 0 Å². The van der Waals surface area contributed by atoms with Crippen molar-refractivity contribution < 1.29 is 4.79 Å². The van der Waals surface area contributed by atoms with E-state index in [4.69, 9.17) is 5.73 Å². The average molecular weight is 292 g/mol. The molecular weight excluding hydrogens is 276 g/mol. The first-order chi connectivity index (χ1) is 9.60. The molecule has 0 bridgehead atoms. The fraction of sp³-hybridized carbons (Fsp3) is 0.231. The number of amides is 1. The first-order valence-electron chi connectivity index (χ1n) is 6.18. The Bertz CT molecular complexity index is 662. The van der Waals surface area contributed by atoms with Crippen molar-refractivity contribution in [1.82, 2.24) is 10.3 Å². The lowest BCUT2D eigenvalue weighted by molar-refractivity contribution is 0.0956. The highest BCUT2D eigenvalue weighted by Gasteiger charge is 2.07. The van der Waals surface area contributed by atoms with Gasteiger partial charge in [0.05, 0.1) is 17.9 Å². The van der Waals surface area contributed by atoms with E-state index in [9.17, 15) is 9.59 Å². The molecule has 1 heterocycles. The van der Waals surface area contributed by atoms with Crippen LogP contribution in [0.3, 0.4) is 0 Å². The molecule has 0 saturated heterocycles. The van der Waals surface area contributed by atoms with E-state index >= 15 is 0 Å². The second-order valence-electron chi connectivity index (χ2n) is 4.19. The molecule has 106 valence electrons. The second kappa shape index (κ2) is 6.25. The number of nitrogens with two attached hydrogens (primary N) is 1. The molecule has 1 amide bonds. The average Bonchev–Trinajstić information content (AvgIpc) is 2.83. The second-order valence-corrected chi connectivity index (χ2v) is 5.03. The third-order valence-electron chi connectivity index (χ3n) is 2.69. The van der Waals surface area contributed by atoms with Crippen LogP contribution in [0.4, 0.5) is 11.4 Å². The minimum absolute atomic E-state index is 0.0821. The van der Waals surface area contributed by atoms with Gasteiger partial charge in [0.1, 0.15) is 0 Å². The number of carbonyl (C=O) groups is 1. The van der Waals surface area contributed by atoms with Gasteiger partial charge in [-0.05, 0) is 25.1 Å². The highest BCUT2D eigenvalue weighted by molar-refractivity contribution is 7.07. The van der Waals surface area contributed by atoms with Gasteiger partial charge in [-0.3, -0.25) is 9.59 Å². The highest BCUT2D eigenvalue weighted by atomic mass is 32.1. The standard InChI is InChI=1S/C13H16N4O2S/c1-2-15-12(18)8-3-4-11(10(14)5-8)16-6-9-7-20-13(19)17-9/h3-5,7,16H,2,6,14H2,1H3,(H,15,18)(H,17,19). The Labute approximate surface area is 120 Å². The lowest BCUT2D eigenvalue weighted by atomic mass is 10.1. The van der Waals surface area contributed by atoms with Crippen LogP contribution in [0.25, 0.3) is 0 Å². The molecule has 0 aliphatic rings. The van der Waals surface area contributed by atoms with Gasteiger partial charge in [0.25, 0.3) is 5.91 Å². The van der Waals surface area contributed by atoms with Gasteiger partial charge in [0.2, 0.25) is 0 Å². The molecule has 0 radical (unpaired) electrons. The number of nitrogens with one attached hydrogen (secondary N) is 3. The first kappa shape index (κ1) is 14.1. The van der Waals surface area contributed by atoms with Gasteiger partial charge in [-0.25, -0.2) is 0 Å². The maximum Gasteiger partial charge on any atom is 0.304 e. The summed E-state index contributed by atoms with van der Waals surface area (Å²) >= 11 is 1.12. The largest absolute Gasteiger partial charge is 0.397 e. The number of nitrogen functional groups attached to an aromatic ring is 1. The van der Waals surface area contributed by atoms with E-state index in [2.05, 4.69) is 15.6 Å². The molecule has 2 aromatic rings. The predicted molar refractivity (Wildman–Crippen MR) is 81.1 cm³/mol. The van der Waals surface area contributed by atoms with Crippen LogP contribution in [0.2, 0.25) is 0 Å². The van der Waals surface area contributed by atoms with Crippen LogP contribution in [-0.4, -0.2) is 17.4 Å². The van der Waals surface area contributed by atoms with Crippen LogP contribution in [0.15, 0.2) is 28.4 Å². The van der Waals surface area contributed by atoms with Gasteiger partial charge >= 0.3 is 4.87 Å². The normalized spacial score (nSPS) is 10.2. The molecule has 0 spiro atoms. The van der Waals surface area contributed by atoms with Crippen LogP contribution in [-0.2, 0) is 6.54 Å². The molecule has 2 rings (SSSR count). The van der Waals surface area contributed by atoms with Crippen molar-refractivity contribution in [3.05, 3.63) is 44.5 Å². The van der Waals surface area contributed by atoms with Crippen molar-refractivity contribution in [3.63, 3.8) is 0 Å². The molecule has 0 aliphatic heterocycles. The van der Waals surface area contributed by atoms with Crippen molar-refractivity contribution in [3.8, 4) is 0 Å². The summed E-state index contributed by atoms with van der Waals surface area (Å²) in [6, 6.07) is 5.09. The molecule has 0 atom stereocenters. The zero-order chi connectivity index (χ0) is 14.5. The van der Waals surface area contributed by atoms with Crippen LogP contribution in [0.1, 0.15) is 23.0 Å². The number of aromatic nitrogens is 1. The summed E-state index contributed by atoms with van der Waals surface area (Å²) < 4.78 is 0. The van der Waals surface area contributed by atoms with Gasteiger partial charge in [-0.1, -0.05) is 11.3 Å². The molecular formula is C13H16N4O2S. The molecule has 0 fully saturated rings. The van der Waals surface area contributed by atoms with E-state index in [0.717, 1.165) is 22.7 Å². The molecule has 0 saturated carbocycles. The number of hydrogen-bond donors (Lipinski definition) is 4. The van der Waals surface area contributed by atoms with Gasteiger partial charge in [-0.15, -0.1) is 0 Å². The van der Waals surface area contributed by atoms with Crippen LogP contribution in [0.5, 0.6) is 0 Å². The number of rotatable bonds is 5. The first-order valence-corrected chi connectivity index (χ1v) is 7.06. The quantitative estimate of drug-likeness (QED) is 0.625. The van der Waals surface area contributed by atoms with Crippen molar-refractivity contribution in [2.24, 2.45) is 0 Å². The molecule has 5 N–H and O–H groups in total. The summed E-state index contributed by atoms with van der Waals surface area (Å²) in [5.74, 6) is -0.145. The maximum absolute atomic E-state index is 11.7. The SMILES string of the molecule is CCNC(=O)c1ccc(NCc2csc(=O)[nH]2)c(N)c1. The molecule has 1 aromatic heterocycles. The Morgan fingerprint density at radius 3 is 2.85 bits per heavy atom. The van der Waals surface area contributed by atoms with Crippen LogP contribution >= 0.6 is 11.3 Å². The molecule has 0 aliphatic carbocycles. The minimum Gasteiger partial charge on any atom is -0.397 e. The van der Waals surface area contributed by atoms with Crippen molar-refractivity contribution in [2.75, 3.05) is 17.6 Å². The topological polar surface area (TPSA) is 100 Å². The van der Waals surface area contributed by atoms with Gasteiger partial charge in [0, 0.05) is 23.2 Å². The number of H-pyrrole nitrogens is 1. The Hall–Kier alpha value is -2.28. The molecule has 1 aromatic carbocycles. The Morgan fingerprint density at radius 2 is 2.25 bits per heavy atom. The van der Waals surface area contributed by atoms with Crippen molar-refractivity contribution >= 4 is 28.6 Å². The summed E-state index contributed by atoms with van der Waals surface area (Å²) in [7, 11) is 0. The molecule has 20 heavy (non-hydrogen) atoms. The number of aromatic amines is 1. The van der Waals surface area contributed by atoms with Crippen LogP contribution < -0.4 is 21.2 Å². The Kier molecular flexibility index (Phi) is 4.41. The molecule has 0 unspecified atom stereocenters. The Morgan fingerprint density at radius 1 is 1.45 bits per heavy atom. The van der Waals surface area contributed by atoms with Crippen molar-refractivity contribution in [2.45, 2.75) is 13.5 Å². The van der Waals surface area contributed by atoms with Gasteiger partial charge < -0.3 is 21.4 Å². The molecule has 7 heteroatoms. The Balaban J connectivity index is 2.06. The summed E-state index contributed by atoms with van der Waals surface area (Å²) in [6.45, 7) is 2.91. The van der Waals surface area contributed by atoms with E-state index in [1.54, 1.807) is 23.6 Å². The third kappa shape index (κ3) is 3.39. The molecule has 6 nitrogen and oxygen atoms in total.